The van der Waals surface area contributed by atoms with Gasteiger partial charge in [0.2, 0.25) is 11.8 Å². The first-order chi connectivity index (χ1) is 14.6. The van der Waals surface area contributed by atoms with Crippen LogP contribution in [0.15, 0.2) is 58.2 Å². The molecule has 9 heteroatoms. The number of rotatable bonds is 6. The molecule has 30 heavy (non-hydrogen) atoms. The van der Waals surface area contributed by atoms with E-state index in [1.807, 2.05) is 36.4 Å². The van der Waals surface area contributed by atoms with Crippen LogP contribution < -0.4 is 10.2 Å². The smallest absolute Gasteiger partial charge is 0.277 e. The molecule has 1 aliphatic heterocycles. The summed E-state index contributed by atoms with van der Waals surface area (Å²) >= 11 is 7.09. The SMILES string of the molecule is CN1CCN(c2ccc(NC(=O)CSc3nnc(-c4ccc(Cl)cc4)o3)cc2)CC1. The third-order valence-corrected chi connectivity index (χ3v) is 5.91. The molecule has 1 aliphatic rings. The number of benzene rings is 2. The molecule has 2 heterocycles. The summed E-state index contributed by atoms with van der Waals surface area (Å²) in [5, 5.41) is 11.9. The topological polar surface area (TPSA) is 74.5 Å². The van der Waals surface area contributed by atoms with Gasteiger partial charge in [0.1, 0.15) is 0 Å². The standard InChI is InChI=1S/C21H22ClN5O2S/c1-26-10-12-27(13-11-26)18-8-6-17(7-9-18)23-19(28)14-30-21-25-24-20(29-21)15-2-4-16(22)5-3-15/h2-9H,10-14H2,1H3,(H,23,28). The van der Waals surface area contributed by atoms with Crippen molar-refractivity contribution in [2.45, 2.75) is 5.22 Å². The molecule has 4 rings (SSSR count). The fraction of sp³-hybridized carbons (Fsp3) is 0.286. The molecule has 3 aromatic rings. The quantitative estimate of drug-likeness (QED) is 0.579. The van der Waals surface area contributed by atoms with Gasteiger partial charge >= 0.3 is 0 Å². The van der Waals surface area contributed by atoms with Crippen LogP contribution in [0, 0.1) is 0 Å². The van der Waals surface area contributed by atoms with Gasteiger partial charge in [0.25, 0.3) is 5.22 Å². The molecule has 0 bridgehead atoms. The molecule has 0 radical (unpaired) electrons. The second kappa shape index (κ2) is 9.51. The van der Waals surface area contributed by atoms with Crippen molar-refractivity contribution in [3.8, 4) is 11.5 Å². The van der Waals surface area contributed by atoms with Crippen LogP contribution in [0.3, 0.4) is 0 Å². The van der Waals surface area contributed by atoms with Gasteiger partial charge in [-0.05, 0) is 55.6 Å². The van der Waals surface area contributed by atoms with Gasteiger partial charge in [0.15, 0.2) is 0 Å². The van der Waals surface area contributed by atoms with Gasteiger partial charge in [0.05, 0.1) is 5.75 Å². The molecule has 0 unspecified atom stereocenters. The molecule has 7 nitrogen and oxygen atoms in total. The van der Waals surface area contributed by atoms with E-state index in [2.05, 4.69) is 32.4 Å². The molecule has 0 spiro atoms. The number of carbonyl (C=O) groups is 1. The van der Waals surface area contributed by atoms with Crippen molar-refractivity contribution in [3.05, 3.63) is 53.6 Å². The van der Waals surface area contributed by atoms with E-state index in [-0.39, 0.29) is 11.7 Å². The third kappa shape index (κ3) is 5.33. The molecule has 1 amide bonds. The Morgan fingerprint density at radius 2 is 1.77 bits per heavy atom. The van der Waals surface area contributed by atoms with Gasteiger partial charge in [-0.2, -0.15) is 0 Å². The Kier molecular flexibility index (Phi) is 6.56. The molecular weight excluding hydrogens is 422 g/mol. The maximum atomic E-state index is 12.3. The van der Waals surface area contributed by atoms with Gasteiger partial charge in [-0.25, -0.2) is 0 Å². The van der Waals surface area contributed by atoms with Crippen molar-refractivity contribution in [1.29, 1.82) is 0 Å². The molecule has 156 valence electrons. The second-order valence-corrected chi connectivity index (χ2v) is 8.42. The molecule has 0 atom stereocenters. The van der Waals surface area contributed by atoms with E-state index in [4.69, 9.17) is 16.0 Å². The number of aromatic nitrogens is 2. The Balaban J connectivity index is 1.27. The minimum atomic E-state index is -0.126. The van der Waals surface area contributed by atoms with Crippen LogP contribution in [-0.2, 0) is 4.79 Å². The fourth-order valence-corrected chi connectivity index (χ4v) is 3.81. The summed E-state index contributed by atoms with van der Waals surface area (Å²) in [5.74, 6) is 0.454. The van der Waals surface area contributed by atoms with Gasteiger partial charge in [-0.1, -0.05) is 23.4 Å². The predicted octanol–water partition coefficient (Wildman–Crippen LogP) is 3.87. The number of hydrogen-bond donors (Lipinski definition) is 1. The first-order valence-corrected chi connectivity index (χ1v) is 11.0. The second-order valence-electron chi connectivity index (χ2n) is 7.05. The molecule has 0 saturated carbocycles. The Bertz CT molecular complexity index is 985. The lowest BCUT2D eigenvalue weighted by atomic mass is 10.2. The van der Waals surface area contributed by atoms with E-state index >= 15 is 0 Å². The summed E-state index contributed by atoms with van der Waals surface area (Å²) in [6, 6.07) is 15.1. The van der Waals surface area contributed by atoms with Crippen LogP contribution in [-0.4, -0.2) is 60.0 Å². The number of nitrogens with zero attached hydrogens (tertiary/aromatic N) is 4. The summed E-state index contributed by atoms with van der Waals surface area (Å²) in [6.07, 6.45) is 0. The number of likely N-dealkylation sites (N-methyl/N-ethyl adjacent to an activating group) is 1. The minimum absolute atomic E-state index is 0.126. The van der Waals surface area contributed by atoms with Gasteiger partial charge in [-0.15, -0.1) is 10.2 Å². The largest absolute Gasteiger partial charge is 0.411 e. The fourth-order valence-electron chi connectivity index (χ4n) is 3.12. The zero-order valence-corrected chi connectivity index (χ0v) is 18.1. The zero-order valence-electron chi connectivity index (χ0n) is 16.5. The van der Waals surface area contributed by atoms with Crippen LogP contribution in [0.1, 0.15) is 0 Å². The number of nitrogens with one attached hydrogen (secondary N) is 1. The number of piperazine rings is 1. The molecule has 1 fully saturated rings. The van der Waals surface area contributed by atoms with Crippen LogP contribution >= 0.6 is 23.4 Å². The lowest BCUT2D eigenvalue weighted by Gasteiger charge is -2.34. The van der Waals surface area contributed by atoms with Gasteiger partial charge in [0, 0.05) is 48.1 Å². The Morgan fingerprint density at radius 1 is 1.07 bits per heavy atom. The Hall–Kier alpha value is -2.55. The normalized spacial score (nSPS) is 14.7. The average molecular weight is 444 g/mol. The van der Waals surface area contributed by atoms with E-state index in [0.29, 0.717) is 16.1 Å². The molecule has 0 aliphatic carbocycles. The highest BCUT2D eigenvalue weighted by Gasteiger charge is 2.15. The first-order valence-electron chi connectivity index (χ1n) is 9.62. The van der Waals surface area contributed by atoms with E-state index in [1.165, 1.54) is 17.4 Å². The Morgan fingerprint density at radius 3 is 2.47 bits per heavy atom. The van der Waals surface area contributed by atoms with Crippen LogP contribution in [0.4, 0.5) is 11.4 Å². The summed E-state index contributed by atoms with van der Waals surface area (Å²) in [5.41, 5.74) is 2.73. The van der Waals surface area contributed by atoms with Crippen LogP contribution in [0.2, 0.25) is 5.02 Å². The molecular formula is C21H22ClN5O2S. The lowest BCUT2D eigenvalue weighted by molar-refractivity contribution is -0.113. The average Bonchev–Trinajstić information content (AvgIpc) is 3.23. The van der Waals surface area contributed by atoms with Crippen LogP contribution in [0.25, 0.3) is 11.5 Å². The monoisotopic (exact) mass is 443 g/mol. The minimum Gasteiger partial charge on any atom is -0.411 e. The molecule has 1 N–H and O–H groups in total. The maximum Gasteiger partial charge on any atom is 0.277 e. The summed E-state index contributed by atoms with van der Waals surface area (Å²) in [4.78, 5) is 17.0. The maximum absolute atomic E-state index is 12.3. The Labute approximate surface area is 184 Å². The number of carbonyl (C=O) groups excluding carboxylic acids is 1. The number of halogens is 1. The van der Waals surface area contributed by atoms with Crippen molar-refractivity contribution in [2.75, 3.05) is 49.2 Å². The van der Waals surface area contributed by atoms with Crippen molar-refractivity contribution in [2.24, 2.45) is 0 Å². The van der Waals surface area contributed by atoms with Gasteiger partial charge < -0.3 is 19.5 Å². The van der Waals surface area contributed by atoms with E-state index in [9.17, 15) is 4.79 Å². The number of hydrogen-bond acceptors (Lipinski definition) is 7. The highest BCUT2D eigenvalue weighted by Crippen LogP contribution is 2.25. The van der Waals surface area contributed by atoms with Crippen molar-refractivity contribution < 1.29 is 9.21 Å². The van der Waals surface area contributed by atoms with E-state index in [1.54, 1.807) is 12.1 Å². The van der Waals surface area contributed by atoms with Gasteiger partial charge in [-0.3, -0.25) is 4.79 Å². The lowest BCUT2D eigenvalue weighted by Crippen LogP contribution is -2.44. The van der Waals surface area contributed by atoms with E-state index < -0.39 is 0 Å². The van der Waals surface area contributed by atoms with Crippen molar-refractivity contribution >= 4 is 40.6 Å². The third-order valence-electron chi connectivity index (χ3n) is 4.84. The summed E-state index contributed by atoms with van der Waals surface area (Å²) < 4.78 is 5.61. The highest BCUT2D eigenvalue weighted by molar-refractivity contribution is 7.99. The van der Waals surface area contributed by atoms with E-state index in [0.717, 1.165) is 37.4 Å². The number of anilines is 2. The molecule has 2 aromatic carbocycles. The van der Waals surface area contributed by atoms with Crippen molar-refractivity contribution in [1.82, 2.24) is 15.1 Å². The number of amides is 1. The van der Waals surface area contributed by atoms with Crippen LogP contribution in [0.5, 0.6) is 0 Å². The highest BCUT2D eigenvalue weighted by atomic mass is 35.5. The summed E-state index contributed by atoms with van der Waals surface area (Å²) in [6.45, 7) is 4.15. The zero-order chi connectivity index (χ0) is 20.9. The number of thioether (sulfide) groups is 1. The predicted molar refractivity (Wildman–Crippen MR) is 120 cm³/mol. The first kappa shape index (κ1) is 20.7. The van der Waals surface area contributed by atoms with Crippen molar-refractivity contribution in [3.63, 3.8) is 0 Å². The molecule has 1 aromatic heterocycles. The molecule has 1 saturated heterocycles. The summed E-state index contributed by atoms with van der Waals surface area (Å²) in [7, 11) is 2.14.